The van der Waals surface area contributed by atoms with Crippen molar-refractivity contribution in [2.45, 2.75) is 0 Å². The molecule has 1 fully saturated rings. The van der Waals surface area contributed by atoms with E-state index in [2.05, 4.69) is 5.32 Å². The van der Waals surface area contributed by atoms with Crippen LogP contribution in [0.15, 0.2) is 48.5 Å². The Bertz CT molecular complexity index is 1050. The van der Waals surface area contributed by atoms with E-state index in [4.69, 9.17) is 25.8 Å². The molecule has 1 saturated heterocycles. The first kappa shape index (κ1) is 24.9. The van der Waals surface area contributed by atoms with Crippen LogP contribution < -0.4 is 14.8 Å². The van der Waals surface area contributed by atoms with Crippen molar-refractivity contribution in [3.63, 3.8) is 0 Å². The van der Waals surface area contributed by atoms with Crippen LogP contribution in [0.5, 0.6) is 11.5 Å². The maximum Gasteiger partial charge on any atom is 0.331 e. The number of amides is 3. The number of esters is 1. The predicted octanol–water partition coefficient (Wildman–Crippen LogP) is 3.29. The molecule has 2 aromatic carbocycles. The lowest BCUT2D eigenvalue weighted by atomic mass is 10.2. The minimum Gasteiger partial charge on any atom is -0.493 e. The molecule has 180 valence electrons. The van der Waals surface area contributed by atoms with Gasteiger partial charge < -0.3 is 29.3 Å². The quantitative estimate of drug-likeness (QED) is 0.475. The van der Waals surface area contributed by atoms with Crippen LogP contribution in [0.4, 0.5) is 10.5 Å². The number of hydrogen-bond acceptors (Lipinski definition) is 6. The number of anilines is 1. The Balaban J connectivity index is 1.44. The van der Waals surface area contributed by atoms with E-state index >= 15 is 0 Å². The average Bonchev–Trinajstić information content (AvgIpc) is 2.86. The molecule has 1 N–H and O–H groups in total. The van der Waals surface area contributed by atoms with Gasteiger partial charge in [0.2, 0.25) is 0 Å². The van der Waals surface area contributed by atoms with Crippen LogP contribution in [-0.4, -0.2) is 74.7 Å². The van der Waals surface area contributed by atoms with E-state index in [1.807, 2.05) is 18.2 Å². The number of hydrogen-bond donors (Lipinski definition) is 1. The number of urea groups is 1. The zero-order valence-electron chi connectivity index (χ0n) is 19.0. The molecule has 3 rings (SSSR count). The SMILES string of the molecule is COc1cc(/C=C/C(=O)OCC(=O)N2CCN(C(=O)Nc3ccccc3)CC2)cc(Cl)c1OC. The highest BCUT2D eigenvalue weighted by molar-refractivity contribution is 6.32. The molecule has 1 aliphatic heterocycles. The zero-order chi connectivity index (χ0) is 24.5. The summed E-state index contributed by atoms with van der Waals surface area (Å²) in [5.74, 6) is -0.166. The number of para-hydroxylation sites is 1. The van der Waals surface area contributed by atoms with Gasteiger partial charge in [-0.25, -0.2) is 9.59 Å². The highest BCUT2D eigenvalue weighted by Gasteiger charge is 2.24. The number of halogens is 1. The lowest BCUT2D eigenvalue weighted by Gasteiger charge is -2.34. The summed E-state index contributed by atoms with van der Waals surface area (Å²) in [7, 11) is 2.96. The third-order valence-corrected chi connectivity index (χ3v) is 5.43. The molecule has 0 atom stereocenters. The fourth-order valence-corrected chi connectivity index (χ4v) is 3.65. The van der Waals surface area contributed by atoms with Gasteiger partial charge in [0.05, 0.1) is 19.2 Å². The van der Waals surface area contributed by atoms with Crippen LogP contribution in [0.25, 0.3) is 6.08 Å². The normalized spacial score (nSPS) is 13.5. The molecule has 3 amide bonds. The van der Waals surface area contributed by atoms with E-state index in [-0.39, 0.29) is 18.5 Å². The van der Waals surface area contributed by atoms with E-state index in [1.165, 1.54) is 26.4 Å². The van der Waals surface area contributed by atoms with Gasteiger partial charge >= 0.3 is 12.0 Å². The van der Waals surface area contributed by atoms with Gasteiger partial charge in [-0.2, -0.15) is 0 Å². The first-order chi connectivity index (χ1) is 16.4. The Kier molecular flexibility index (Phi) is 8.75. The fourth-order valence-electron chi connectivity index (χ4n) is 3.35. The van der Waals surface area contributed by atoms with E-state index in [9.17, 15) is 14.4 Å². The predicted molar refractivity (Wildman–Crippen MR) is 128 cm³/mol. The van der Waals surface area contributed by atoms with Gasteiger partial charge in [0.1, 0.15) is 0 Å². The van der Waals surface area contributed by atoms with E-state index < -0.39 is 5.97 Å². The van der Waals surface area contributed by atoms with Crippen molar-refractivity contribution in [3.8, 4) is 11.5 Å². The summed E-state index contributed by atoms with van der Waals surface area (Å²) in [6.45, 7) is 1.11. The summed E-state index contributed by atoms with van der Waals surface area (Å²) in [4.78, 5) is 40.0. The Morgan fingerprint density at radius 2 is 1.68 bits per heavy atom. The summed E-state index contributed by atoms with van der Waals surface area (Å²) in [5.41, 5.74) is 1.32. The van der Waals surface area contributed by atoms with Gasteiger partial charge in [0.15, 0.2) is 18.1 Å². The number of carbonyl (C=O) groups is 3. The van der Waals surface area contributed by atoms with Gasteiger partial charge in [-0.1, -0.05) is 29.8 Å². The zero-order valence-corrected chi connectivity index (χ0v) is 19.7. The van der Waals surface area contributed by atoms with Crippen molar-refractivity contribution in [2.24, 2.45) is 0 Å². The number of nitrogens with zero attached hydrogens (tertiary/aromatic N) is 2. The van der Waals surface area contributed by atoms with Crippen LogP contribution in [0.1, 0.15) is 5.56 Å². The molecular weight excluding hydrogens is 462 g/mol. The summed E-state index contributed by atoms with van der Waals surface area (Å²) < 4.78 is 15.5. The summed E-state index contributed by atoms with van der Waals surface area (Å²) >= 11 is 6.15. The average molecular weight is 488 g/mol. The molecule has 34 heavy (non-hydrogen) atoms. The fraction of sp³-hybridized carbons (Fsp3) is 0.292. The Morgan fingerprint density at radius 1 is 1.00 bits per heavy atom. The molecule has 0 radical (unpaired) electrons. The van der Waals surface area contributed by atoms with Crippen molar-refractivity contribution >= 4 is 41.3 Å². The smallest absolute Gasteiger partial charge is 0.331 e. The molecular formula is C24H26ClN3O6. The first-order valence-electron chi connectivity index (χ1n) is 10.6. The van der Waals surface area contributed by atoms with Crippen LogP contribution in [0.3, 0.4) is 0 Å². The second-order valence-corrected chi connectivity index (χ2v) is 7.75. The minimum atomic E-state index is -0.667. The largest absolute Gasteiger partial charge is 0.493 e. The number of nitrogens with one attached hydrogen (secondary N) is 1. The van der Waals surface area contributed by atoms with Crippen molar-refractivity contribution in [1.29, 1.82) is 0 Å². The molecule has 0 aliphatic carbocycles. The highest BCUT2D eigenvalue weighted by atomic mass is 35.5. The number of methoxy groups -OCH3 is 2. The summed E-state index contributed by atoms with van der Waals surface area (Å²) in [6, 6.07) is 12.2. The molecule has 0 unspecified atom stereocenters. The molecule has 10 heteroatoms. The third kappa shape index (κ3) is 6.64. The number of piperazine rings is 1. The van der Waals surface area contributed by atoms with Crippen LogP contribution in [-0.2, 0) is 14.3 Å². The Labute approximate surface area is 202 Å². The van der Waals surface area contributed by atoms with Gasteiger partial charge in [-0.15, -0.1) is 0 Å². The Morgan fingerprint density at radius 3 is 2.32 bits per heavy atom. The molecule has 2 aromatic rings. The Hall–Kier alpha value is -3.72. The molecule has 1 aliphatic rings. The molecule has 0 bridgehead atoms. The van der Waals surface area contributed by atoms with Crippen LogP contribution in [0, 0.1) is 0 Å². The number of carbonyl (C=O) groups excluding carboxylic acids is 3. The topological polar surface area (TPSA) is 97.4 Å². The van der Waals surface area contributed by atoms with Crippen molar-refractivity contribution in [1.82, 2.24) is 9.80 Å². The second-order valence-electron chi connectivity index (χ2n) is 7.34. The van der Waals surface area contributed by atoms with Crippen molar-refractivity contribution in [2.75, 3.05) is 52.3 Å². The number of benzene rings is 2. The van der Waals surface area contributed by atoms with Gasteiger partial charge in [-0.05, 0) is 35.9 Å². The monoisotopic (exact) mass is 487 g/mol. The van der Waals surface area contributed by atoms with Crippen molar-refractivity contribution in [3.05, 3.63) is 59.1 Å². The number of rotatable bonds is 7. The molecule has 1 heterocycles. The van der Waals surface area contributed by atoms with Crippen LogP contribution in [0.2, 0.25) is 5.02 Å². The summed E-state index contributed by atoms with van der Waals surface area (Å²) in [6.07, 6.45) is 2.71. The maximum absolute atomic E-state index is 12.4. The van der Waals surface area contributed by atoms with Crippen molar-refractivity contribution < 1.29 is 28.6 Å². The minimum absolute atomic E-state index is 0.217. The third-order valence-electron chi connectivity index (χ3n) is 5.15. The molecule has 0 saturated carbocycles. The van der Waals surface area contributed by atoms with Crippen LogP contribution >= 0.6 is 11.6 Å². The van der Waals surface area contributed by atoms with E-state index in [0.29, 0.717) is 54.0 Å². The molecule has 0 spiro atoms. The van der Waals surface area contributed by atoms with Gasteiger partial charge in [0.25, 0.3) is 5.91 Å². The molecule has 9 nitrogen and oxygen atoms in total. The number of ether oxygens (including phenoxy) is 3. The first-order valence-corrected chi connectivity index (χ1v) is 10.9. The van der Waals surface area contributed by atoms with Gasteiger partial charge in [0, 0.05) is 37.9 Å². The maximum atomic E-state index is 12.4. The standard InChI is InChI=1S/C24H26ClN3O6/c1-32-20-15-17(14-19(25)23(20)33-2)8-9-22(30)34-16-21(29)27-10-12-28(13-11-27)24(31)26-18-6-4-3-5-7-18/h3-9,14-15H,10-13,16H2,1-2H3,(H,26,31)/b9-8+. The summed E-state index contributed by atoms with van der Waals surface area (Å²) in [5, 5.41) is 3.16. The lowest BCUT2D eigenvalue weighted by molar-refractivity contribution is -0.148. The lowest BCUT2D eigenvalue weighted by Crippen LogP contribution is -2.52. The molecule has 0 aromatic heterocycles. The second kappa shape index (κ2) is 11.9. The van der Waals surface area contributed by atoms with E-state index in [0.717, 1.165) is 0 Å². The van der Waals surface area contributed by atoms with E-state index in [1.54, 1.807) is 34.1 Å². The highest BCUT2D eigenvalue weighted by Crippen LogP contribution is 2.36. The van der Waals surface area contributed by atoms with Gasteiger partial charge in [-0.3, -0.25) is 4.79 Å².